The number of hydrogen-bond donors (Lipinski definition) is 5. The number of phenols is 1. The zero-order valence-electron chi connectivity index (χ0n) is 25.1. The smallest absolute Gasteiger partial charge is 0.417 e. The average molecular weight is 622 g/mol. The molecule has 240 valence electrons. The Balaban J connectivity index is 1.67. The van der Waals surface area contributed by atoms with Gasteiger partial charge in [0.15, 0.2) is 11.4 Å². The fourth-order valence-corrected chi connectivity index (χ4v) is 8.09. The summed E-state index contributed by atoms with van der Waals surface area (Å²) in [4.78, 5) is 42.6. The predicted molar refractivity (Wildman–Crippen MR) is 152 cm³/mol. The van der Waals surface area contributed by atoms with E-state index < -0.39 is 93.1 Å². The van der Waals surface area contributed by atoms with Gasteiger partial charge >= 0.3 is 6.18 Å². The summed E-state index contributed by atoms with van der Waals surface area (Å²) in [6, 6.07) is -0.368. The van der Waals surface area contributed by atoms with Crippen molar-refractivity contribution in [2.75, 3.05) is 27.2 Å². The standard InChI is InChI=1S/C31H38F3N3O7/c1-5-29(6-2)7-8-37(13-29)12-15-11-18(38)20-16(22(15)31(32,33)34)9-14-10-17-23(36(3)4)25(40)21(28(35)43)27(42)30(17,44)26(41)19(14)24(20)39/h11,14,17,23,38-39,42,44H,5-10,12-13H2,1-4H3,(H2,35,43)/t14-,17-,23-,30-/m0/s1. The molecule has 0 bridgehead atoms. The Labute approximate surface area is 252 Å². The molecule has 1 saturated carbocycles. The van der Waals surface area contributed by atoms with Gasteiger partial charge in [-0.2, -0.15) is 13.2 Å². The van der Waals surface area contributed by atoms with Crippen LogP contribution in [-0.4, -0.2) is 86.5 Å². The summed E-state index contributed by atoms with van der Waals surface area (Å²) in [6.45, 7) is 5.23. The molecule has 1 saturated heterocycles. The van der Waals surface area contributed by atoms with E-state index in [0.717, 1.165) is 25.3 Å². The van der Waals surface area contributed by atoms with Gasteiger partial charge in [0.05, 0.1) is 17.2 Å². The highest BCUT2D eigenvalue weighted by molar-refractivity contribution is 6.24. The van der Waals surface area contributed by atoms with E-state index in [-0.39, 0.29) is 29.5 Å². The number of aliphatic hydroxyl groups excluding tert-OH is 2. The molecule has 4 atom stereocenters. The van der Waals surface area contributed by atoms with E-state index in [1.807, 2.05) is 4.90 Å². The van der Waals surface area contributed by atoms with Crippen LogP contribution in [0, 0.1) is 17.3 Å². The number of ketones is 2. The lowest BCUT2D eigenvalue weighted by atomic mass is 9.57. The minimum Gasteiger partial charge on any atom is -0.508 e. The minimum absolute atomic E-state index is 0.00139. The molecule has 10 nitrogen and oxygen atoms in total. The molecular formula is C31H38F3N3O7. The largest absolute Gasteiger partial charge is 0.508 e. The number of halogens is 3. The molecule has 2 fully saturated rings. The number of benzene rings is 1. The van der Waals surface area contributed by atoms with Crippen molar-refractivity contribution in [2.24, 2.45) is 23.0 Å². The molecule has 5 rings (SSSR count). The first kappa shape index (κ1) is 32.0. The Kier molecular flexibility index (Phi) is 7.70. The Morgan fingerprint density at radius 3 is 2.32 bits per heavy atom. The second-order valence-corrected chi connectivity index (χ2v) is 12.9. The Hall–Kier alpha value is -3.42. The number of rotatable bonds is 6. The van der Waals surface area contributed by atoms with Crippen LogP contribution in [0.25, 0.3) is 5.76 Å². The van der Waals surface area contributed by atoms with Crippen molar-refractivity contribution in [2.45, 2.75) is 70.3 Å². The van der Waals surface area contributed by atoms with E-state index in [1.54, 1.807) is 0 Å². The van der Waals surface area contributed by atoms with Gasteiger partial charge in [0.1, 0.15) is 22.8 Å². The fraction of sp³-hybridized carbons (Fsp3) is 0.581. The van der Waals surface area contributed by atoms with Crippen LogP contribution in [0.3, 0.4) is 0 Å². The maximum Gasteiger partial charge on any atom is 0.417 e. The van der Waals surface area contributed by atoms with Crippen molar-refractivity contribution >= 4 is 23.2 Å². The zero-order valence-corrected chi connectivity index (χ0v) is 25.1. The van der Waals surface area contributed by atoms with Gasteiger partial charge < -0.3 is 26.2 Å². The molecular weight excluding hydrogens is 583 g/mol. The van der Waals surface area contributed by atoms with Crippen molar-refractivity contribution in [3.8, 4) is 5.75 Å². The fourth-order valence-electron chi connectivity index (χ4n) is 8.09. The molecule has 0 spiro atoms. The second-order valence-electron chi connectivity index (χ2n) is 12.9. The Bertz CT molecular complexity index is 1510. The summed E-state index contributed by atoms with van der Waals surface area (Å²) in [7, 11) is 2.90. The van der Waals surface area contributed by atoms with Gasteiger partial charge in [0.2, 0.25) is 5.78 Å². The summed E-state index contributed by atoms with van der Waals surface area (Å²) in [6.07, 6.45) is -3.00. The highest BCUT2D eigenvalue weighted by Gasteiger charge is 2.64. The summed E-state index contributed by atoms with van der Waals surface area (Å²) in [5.41, 5.74) is -1.12. The van der Waals surface area contributed by atoms with E-state index in [0.29, 0.717) is 13.1 Å². The van der Waals surface area contributed by atoms with Crippen molar-refractivity contribution < 1.29 is 48.0 Å². The van der Waals surface area contributed by atoms with Crippen LogP contribution in [0.4, 0.5) is 13.2 Å². The molecule has 0 unspecified atom stereocenters. The number of hydrogen-bond acceptors (Lipinski definition) is 9. The quantitative estimate of drug-likeness (QED) is 0.301. The number of likely N-dealkylation sites (tertiary alicyclic amines) is 1. The van der Waals surface area contributed by atoms with Crippen LogP contribution in [-0.2, 0) is 33.5 Å². The lowest BCUT2D eigenvalue weighted by Crippen LogP contribution is -2.65. The molecule has 1 amide bonds. The van der Waals surface area contributed by atoms with Crippen molar-refractivity contribution in [1.29, 1.82) is 0 Å². The van der Waals surface area contributed by atoms with E-state index in [9.17, 15) is 48.0 Å². The third-order valence-electron chi connectivity index (χ3n) is 10.5. The van der Waals surface area contributed by atoms with Gasteiger partial charge in [-0.05, 0) is 81.3 Å². The molecule has 4 aliphatic rings. The summed E-state index contributed by atoms with van der Waals surface area (Å²) in [5.74, 6) is -8.94. The van der Waals surface area contributed by atoms with Crippen LogP contribution in [0.5, 0.6) is 5.75 Å². The number of likely N-dealkylation sites (N-methyl/N-ethyl adjacent to an activating group) is 1. The van der Waals surface area contributed by atoms with E-state index in [2.05, 4.69) is 13.8 Å². The molecule has 3 aliphatic carbocycles. The van der Waals surface area contributed by atoms with E-state index in [4.69, 9.17) is 5.73 Å². The molecule has 0 aromatic heterocycles. The Morgan fingerprint density at radius 1 is 1.16 bits per heavy atom. The SMILES string of the molecule is CCC1(CC)CCN(Cc2cc(O)c3c(c2C(F)(F)F)C[C@H]2C[C@H]4[C@H](N(C)C)C(=O)C(C(N)=O)=C(O)[C@@]4(O)C(=O)C2=C3O)C1. The van der Waals surface area contributed by atoms with E-state index in [1.165, 1.54) is 19.0 Å². The first-order chi connectivity index (χ1) is 20.4. The number of fused-ring (bicyclic) bond motifs is 3. The maximum absolute atomic E-state index is 14.8. The van der Waals surface area contributed by atoms with Crippen LogP contribution >= 0.6 is 0 Å². The lowest BCUT2D eigenvalue weighted by Gasteiger charge is -2.50. The number of carbonyl (C=O) groups excluding carboxylic acids is 3. The van der Waals surface area contributed by atoms with Gasteiger partial charge in [-0.3, -0.25) is 24.2 Å². The molecule has 6 N–H and O–H groups in total. The number of alkyl halides is 3. The third kappa shape index (κ3) is 4.54. The average Bonchev–Trinajstić information content (AvgIpc) is 3.32. The van der Waals surface area contributed by atoms with E-state index >= 15 is 0 Å². The zero-order chi connectivity index (χ0) is 32.7. The first-order valence-corrected chi connectivity index (χ1v) is 14.8. The highest BCUT2D eigenvalue weighted by Crippen LogP contribution is 2.54. The number of primary amides is 1. The van der Waals surface area contributed by atoms with Crippen molar-refractivity contribution in [1.82, 2.24) is 9.80 Å². The van der Waals surface area contributed by atoms with Crippen molar-refractivity contribution in [3.05, 3.63) is 45.2 Å². The highest BCUT2D eigenvalue weighted by atomic mass is 19.4. The van der Waals surface area contributed by atoms with Crippen LogP contribution in [0.2, 0.25) is 0 Å². The normalized spacial score (nSPS) is 28.8. The monoisotopic (exact) mass is 621 g/mol. The first-order valence-electron chi connectivity index (χ1n) is 14.8. The van der Waals surface area contributed by atoms with Crippen LogP contribution < -0.4 is 5.73 Å². The Morgan fingerprint density at radius 2 is 1.80 bits per heavy atom. The summed E-state index contributed by atoms with van der Waals surface area (Å²) in [5, 5.41) is 45.0. The molecule has 13 heteroatoms. The lowest BCUT2D eigenvalue weighted by molar-refractivity contribution is -0.153. The minimum atomic E-state index is -4.87. The number of nitrogens with zero attached hydrogens (tertiary/aromatic N) is 2. The number of phenolic OH excluding ortho intramolecular Hbond substituents is 1. The molecule has 1 aromatic carbocycles. The molecule has 44 heavy (non-hydrogen) atoms. The number of nitrogens with two attached hydrogens (primary N) is 1. The topological polar surface area (TPSA) is 165 Å². The van der Waals surface area contributed by atoms with Gasteiger partial charge in [-0.15, -0.1) is 0 Å². The molecule has 0 radical (unpaired) electrons. The van der Waals surface area contributed by atoms with Crippen LogP contribution in [0.1, 0.15) is 61.8 Å². The number of Topliss-reactive ketones (excluding diaryl/α,β-unsaturated/α-hetero) is 2. The van der Waals surface area contributed by atoms with Gasteiger partial charge in [0, 0.05) is 24.6 Å². The number of amides is 1. The summed E-state index contributed by atoms with van der Waals surface area (Å²) < 4.78 is 44.5. The van der Waals surface area contributed by atoms with Crippen LogP contribution in [0.15, 0.2) is 23.0 Å². The predicted octanol–water partition coefficient (Wildman–Crippen LogP) is 2.99. The second kappa shape index (κ2) is 10.6. The van der Waals surface area contributed by atoms with Gasteiger partial charge in [-0.25, -0.2) is 0 Å². The molecule has 1 heterocycles. The van der Waals surface area contributed by atoms with Crippen molar-refractivity contribution in [3.63, 3.8) is 0 Å². The molecule has 1 aromatic rings. The number of aromatic hydroxyl groups is 1. The molecule has 1 aliphatic heterocycles. The number of aliphatic hydroxyl groups is 3. The maximum atomic E-state index is 14.8. The van der Waals surface area contributed by atoms with Gasteiger partial charge in [0.25, 0.3) is 5.91 Å². The summed E-state index contributed by atoms with van der Waals surface area (Å²) >= 11 is 0. The van der Waals surface area contributed by atoms with Gasteiger partial charge in [-0.1, -0.05) is 13.8 Å². The third-order valence-corrected chi connectivity index (χ3v) is 10.5. The number of carbonyl (C=O) groups is 3.